The number of aliphatic hydroxyl groups is 1. The van der Waals surface area contributed by atoms with Crippen LogP contribution in [0.15, 0.2) is 23.0 Å². The van der Waals surface area contributed by atoms with Crippen molar-refractivity contribution in [2.75, 3.05) is 13.6 Å². The van der Waals surface area contributed by atoms with Crippen molar-refractivity contribution < 1.29 is 9.90 Å². The van der Waals surface area contributed by atoms with Gasteiger partial charge < -0.3 is 10.0 Å². The van der Waals surface area contributed by atoms with Gasteiger partial charge in [-0.15, -0.1) is 0 Å². The molecular formula is C9H10N2O2. The molecule has 13 heavy (non-hydrogen) atoms. The average Bonchev–Trinajstić information content (AvgIpc) is 2.09. The van der Waals surface area contributed by atoms with Crippen LogP contribution >= 0.6 is 0 Å². The van der Waals surface area contributed by atoms with Gasteiger partial charge in [0.25, 0.3) is 5.91 Å². The highest BCUT2D eigenvalue weighted by Gasteiger charge is 2.21. The lowest BCUT2D eigenvalue weighted by Gasteiger charge is -2.22. The van der Waals surface area contributed by atoms with E-state index in [2.05, 4.69) is 0 Å². The predicted octanol–water partition coefficient (Wildman–Crippen LogP) is 0.740. The van der Waals surface area contributed by atoms with Crippen molar-refractivity contribution >= 4 is 5.91 Å². The summed E-state index contributed by atoms with van der Waals surface area (Å²) in [6.45, 7) is 1.89. The van der Waals surface area contributed by atoms with Crippen molar-refractivity contribution in [2.45, 2.75) is 6.92 Å². The summed E-state index contributed by atoms with van der Waals surface area (Å²) in [7, 11) is 1.59. The van der Waals surface area contributed by atoms with Gasteiger partial charge in [0.05, 0.1) is 5.76 Å². The first-order valence-electron chi connectivity index (χ1n) is 3.82. The Bertz CT molecular complexity index is 343. The average molecular weight is 178 g/mol. The fourth-order valence-corrected chi connectivity index (χ4v) is 1.11. The minimum atomic E-state index is -0.299. The van der Waals surface area contributed by atoms with Gasteiger partial charge >= 0.3 is 0 Å². The van der Waals surface area contributed by atoms with Crippen LogP contribution in [0.4, 0.5) is 0 Å². The summed E-state index contributed by atoms with van der Waals surface area (Å²) in [6, 6.07) is 1.79. The topological polar surface area (TPSA) is 64.3 Å². The second kappa shape index (κ2) is 3.31. The van der Waals surface area contributed by atoms with Crippen LogP contribution in [0.5, 0.6) is 0 Å². The molecule has 0 bridgehead atoms. The maximum atomic E-state index is 11.3. The van der Waals surface area contributed by atoms with E-state index in [4.69, 9.17) is 5.26 Å². The molecule has 4 nitrogen and oxygen atoms in total. The largest absolute Gasteiger partial charge is 0.512 e. The normalized spacial score (nSPS) is 20.8. The Labute approximate surface area is 76.4 Å². The number of nitriles is 1. The van der Waals surface area contributed by atoms with Crippen LogP contribution in [0.2, 0.25) is 0 Å². The van der Waals surface area contributed by atoms with Crippen molar-refractivity contribution in [2.24, 2.45) is 0 Å². The number of rotatable bonds is 0. The molecule has 0 unspecified atom stereocenters. The molecule has 1 amide bonds. The Morgan fingerprint density at radius 3 is 2.85 bits per heavy atom. The van der Waals surface area contributed by atoms with E-state index < -0.39 is 0 Å². The van der Waals surface area contributed by atoms with E-state index in [1.165, 1.54) is 17.9 Å². The lowest BCUT2D eigenvalue weighted by molar-refractivity contribution is -0.125. The van der Waals surface area contributed by atoms with Crippen LogP contribution in [0.25, 0.3) is 0 Å². The number of allylic oxidation sites excluding steroid dienone is 1. The zero-order valence-electron chi connectivity index (χ0n) is 7.53. The molecule has 0 atom stereocenters. The van der Waals surface area contributed by atoms with Crippen LogP contribution < -0.4 is 0 Å². The molecule has 1 aliphatic heterocycles. The zero-order valence-corrected chi connectivity index (χ0v) is 7.53. The monoisotopic (exact) mass is 178 g/mol. The number of carbonyl (C=O) groups is 1. The van der Waals surface area contributed by atoms with Gasteiger partial charge in [-0.25, -0.2) is 0 Å². The first-order valence-corrected chi connectivity index (χ1v) is 3.82. The molecule has 1 aliphatic rings. The van der Waals surface area contributed by atoms with Crippen molar-refractivity contribution in [3.63, 3.8) is 0 Å². The van der Waals surface area contributed by atoms with E-state index >= 15 is 0 Å². The molecule has 0 saturated carbocycles. The molecule has 1 heterocycles. The lowest BCUT2D eigenvalue weighted by Crippen LogP contribution is -2.33. The number of hydrogen-bond acceptors (Lipinski definition) is 3. The molecule has 0 spiro atoms. The molecular weight excluding hydrogens is 168 g/mol. The molecule has 0 aromatic heterocycles. The third-order valence-corrected chi connectivity index (χ3v) is 1.89. The maximum Gasteiger partial charge on any atom is 0.264 e. The number of likely N-dealkylation sites (N-methyl/N-ethyl adjacent to an activating group) is 1. The molecule has 0 aliphatic carbocycles. The van der Waals surface area contributed by atoms with E-state index in [0.29, 0.717) is 12.1 Å². The maximum absolute atomic E-state index is 11.3. The number of aliphatic hydroxyl groups excluding tert-OH is 1. The van der Waals surface area contributed by atoms with Crippen LogP contribution in [0, 0.1) is 11.3 Å². The molecule has 1 rings (SSSR count). The van der Waals surface area contributed by atoms with Gasteiger partial charge in [0, 0.05) is 19.2 Å². The third kappa shape index (κ3) is 1.70. The highest BCUT2D eigenvalue weighted by atomic mass is 16.3. The molecule has 68 valence electrons. The molecule has 0 radical (unpaired) electrons. The highest BCUT2D eigenvalue weighted by Crippen LogP contribution is 2.15. The SMILES string of the molecule is C/C(O)=C1\C=C(C#N)C(=O)N(C)C1. The summed E-state index contributed by atoms with van der Waals surface area (Å²) >= 11 is 0. The van der Waals surface area contributed by atoms with Gasteiger partial charge in [0.1, 0.15) is 11.6 Å². The minimum Gasteiger partial charge on any atom is -0.512 e. The van der Waals surface area contributed by atoms with Crippen LogP contribution in [-0.4, -0.2) is 29.5 Å². The minimum absolute atomic E-state index is 0.0668. The second-order valence-electron chi connectivity index (χ2n) is 2.94. The first kappa shape index (κ1) is 9.33. The van der Waals surface area contributed by atoms with Gasteiger partial charge in [-0.3, -0.25) is 4.79 Å². The lowest BCUT2D eigenvalue weighted by atomic mass is 10.1. The summed E-state index contributed by atoms with van der Waals surface area (Å²) in [5.74, 6) is -0.153. The second-order valence-corrected chi connectivity index (χ2v) is 2.94. The van der Waals surface area contributed by atoms with Gasteiger partial charge in [-0.1, -0.05) is 0 Å². The molecule has 0 aromatic rings. The Morgan fingerprint density at radius 2 is 2.38 bits per heavy atom. The summed E-state index contributed by atoms with van der Waals surface area (Å²) < 4.78 is 0. The number of hydrogen-bond donors (Lipinski definition) is 1. The number of nitrogens with zero attached hydrogens (tertiary/aromatic N) is 2. The third-order valence-electron chi connectivity index (χ3n) is 1.89. The number of amides is 1. The Kier molecular flexibility index (Phi) is 2.38. The standard InChI is InChI=1S/C9H10N2O2/c1-6(12)8-3-7(4-10)9(13)11(2)5-8/h3,12H,5H2,1-2H3/b8-6-. The van der Waals surface area contributed by atoms with Crippen molar-refractivity contribution in [3.8, 4) is 6.07 Å². The smallest absolute Gasteiger partial charge is 0.264 e. The quantitative estimate of drug-likeness (QED) is 0.556. The Morgan fingerprint density at radius 1 is 1.77 bits per heavy atom. The van der Waals surface area contributed by atoms with E-state index in [0.717, 1.165) is 0 Å². The zero-order chi connectivity index (χ0) is 10.0. The summed E-state index contributed by atoms with van der Waals surface area (Å²) in [4.78, 5) is 12.7. The van der Waals surface area contributed by atoms with E-state index in [-0.39, 0.29) is 17.2 Å². The molecule has 0 aromatic carbocycles. The Balaban J connectivity index is 3.15. The van der Waals surface area contributed by atoms with E-state index in [1.54, 1.807) is 13.1 Å². The van der Waals surface area contributed by atoms with Crippen molar-refractivity contribution in [1.82, 2.24) is 4.90 Å². The van der Waals surface area contributed by atoms with Gasteiger partial charge in [-0.2, -0.15) is 5.26 Å². The predicted molar refractivity (Wildman–Crippen MR) is 46.7 cm³/mol. The fourth-order valence-electron chi connectivity index (χ4n) is 1.11. The van der Waals surface area contributed by atoms with Gasteiger partial charge in [-0.05, 0) is 13.0 Å². The molecule has 0 fully saturated rings. The highest BCUT2D eigenvalue weighted by molar-refractivity contribution is 5.99. The van der Waals surface area contributed by atoms with Gasteiger partial charge in [0.15, 0.2) is 0 Å². The van der Waals surface area contributed by atoms with Crippen molar-refractivity contribution in [3.05, 3.63) is 23.0 Å². The Hall–Kier alpha value is -1.76. The van der Waals surface area contributed by atoms with E-state index in [1.807, 2.05) is 0 Å². The van der Waals surface area contributed by atoms with E-state index in [9.17, 15) is 9.90 Å². The summed E-state index contributed by atoms with van der Waals surface area (Å²) in [6.07, 6.45) is 1.43. The van der Waals surface area contributed by atoms with Gasteiger partial charge in [0.2, 0.25) is 0 Å². The number of carbonyl (C=O) groups excluding carboxylic acids is 1. The molecule has 1 N–H and O–H groups in total. The summed E-state index contributed by atoms with van der Waals surface area (Å²) in [5, 5.41) is 17.8. The van der Waals surface area contributed by atoms with Crippen molar-refractivity contribution in [1.29, 1.82) is 5.26 Å². The molecule has 4 heteroatoms. The molecule has 0 saturated heterocycles. The van der Waals surface area contributed by atoms with Crippen LogP contribution in [0.1, 0.15) is 6.92 Å². The van der Waals surface area contributed by atoms with Crippen LogP contribution in [0.3, 0.4) is 0 Å². The fraction of sp³-hybridized carbons (Fsp3) is 0.333. The summed E-state index contributed by atoms with van der Waals surface area (Å²) in [5.41, 5.74) is 0.677. The first-order chi connectivity index (χ1) is 6.06. The van der Waals surface area contributed by atoms with Crippen LogP contribution in [-0.2, 0) is 4.79 Å².